The number of nitrogens with zero attached hydrogens (tertiary/aromatic N) is 2. The zero-order chi connectivity index (χ0) is 22.5. The van der Waals surface area contributed by atoms with Crippen molar-refractivity contribution in [3.05, 3.63) is 74.6 Å². The molecule has 0 amide bonds. The van der Waals surface area contributed by atoms with E-state index >= 15 is 0 Å². The van der Waals surface area contributed by atoms with Gasteiger partial charge in [-0.15, -0.1) is 0 Å². The van der Waals surface area contributed by atoms with Gasteiger partial charge < -0.3 is 19.2 Å². The van der Waals surface area contributed by atoms with E-state index in [2.05, 4.69) is 21.9 Å². The maximum atomic E-state index is 12.0. The Bertz CT molecular complexity index is 1110. The van der Waals surface area contributed by atoms with Gasteiger partial charge in [0.1, 0.15) is 11.3 Å². The zero-order valence-corrected chi connectivity index (χ0v) is 19.1. The predicted molar refractivity (Wildman–Crippen MR) is 126 cm³/mol. The molecule has 170 valence electrons. The SMILES string of the molecule is Cc1c(CO)c2ccc(OCCCN3CCN(Cc4ccc(Cl)cc4)CC3)cc2oc1=O. The quantitative estimate of drug-likeness (QED) is 0.410. The second-order valence-electron chi connectivity index (χ2n) is 8.26. The highest BCUT2D eigenvalue weighted by molar-refractivity contribution is 6.30. The van der Waals surface area contributed by atoms with E-state index in [0.717, 1.165) is 56.1 Å². The number of fused-ring (bicyclic) bond motifs is 1. The zero-order valence-electron chi connectivity index (χ0n) is 18.3. The summed E-state index contributed by atoms with van der Waals surface area (Å²) < 4.78 is 11.3. The van der Waals surface area contributed by atoms with Crippen molar-refractivity contribution in [2.75, 3.05) is 39.3 Å². The van der Waals surface area contributed by atoms with Gasteiger partial charge in [-0.05, 0) is 48.7 Å². The third-order valence-electron chi connectivity index (χ3n) is 6.07. The van der Waals surface area contributed by atoms with E-state index in [9.17, 15) is 9.90 Å². The first-order chi connectivity index (χ1) is 15.5. The lowest BCUT2D eigenvalue weighted by atomic mass is 10.1. The molecule has 6 nitrogen and oxygen atoms in total. The van der Waals surface area contributed by atoms with Crippen molar-refractivity contribution in [1.29, 1.82) is 0 Å². The summed E-state index contributed by atoms with van der Waals surface area (Å²) in [5, 5.41) is 11.1. The van der Waals surface area contributed by atoms with Crippen LogP contribution >= 0.6 is 11.6 Å². The fourth-order valence-corrected chi connectivity index (χ4v) is 4.25. The van der Waals surface area contributed by atoms with Gasteiger partial charge in [0, 0.05) is 61.3 Å². The normalized spacial score (nSPS) is 15.3. The van der Waals surface area contributed by atoms with Gasteiger partial charge in [-0.25, -0.2) is 4.79 Å². The summed E-state index contributed by atoms with van der Waals surface area (Å²) in [6.07, 6.45) is 0.926. The molecule has 4 rings (SSSR count). The van der Waals surface area contributed by atoms with E-state index in [0.29, 0.717) is 29.1 Å². The molecule has 1 N–H and O–H groups in total. The molecule has 0 atom stereocenters. The summed E-state index contributed by atoms with van der Waals surface area (Å²) in [4.78, 5) is 16.9. The van der Waals surface area contributed by atoms with Crippen LogP contribution in [0, 0.1) is 6.92 Å². The molecule has 1 saturated heterocycles. The number of aliphatic hydroxyl groups is 1. The van der Waals surface area contributed by atoms with Gasteiger partial charge in [0.2, 0.25) is 0 Å². The van der Waals surface area contributed by atoms with Crippen LogP contribution in [-0.2, 0) is 13.2 Å². The summed E-state index contributed by atoms with van der Waals surface area (Å²) in [5.74, 6) is 0.668. The highest BCUT2D eigenvalue weighted by Gasteiger charge is 2.17. The van der Waals surface area contributed by atoms with Crippen LogP contribution in [-0.4, -0.2) is 54.2 Å². The molecule has 0 spiro atoms. The lowest BCUT2D eigenvalue weighted by Crippen LogP contribution is -2.46. The van der Waals surface area contributed by atoms with Crippen molar-refractivity contribution < 1.29 is 14.3 Å². The van der Waals surface area contributed by atoms with Crippen molar-refractivity contribution in [3.63, 3.8) is 0 Å². The molecule has 3 aromatic rings. The van der Waals surface area contributed by atoms with Crippen molar-refractivity contribution >= 4 is 22.6 Å². The van der Waals surface area contributed by atoms with E-state index in [1.807, 2.05) is 24.3 Å². The van der Waals surface area contributed by atoms with Gasteiger partial charge >= 0.3 is 5.63 Å². The summed E-state index contributed by atoms with van der Waals surface area (Å²) >= 11 is 5.97. The first-order valence-electron chi connectivity index (χ1n) is 11.0. The molecule has 2 heterocycles. The van der Waals surface area contributed by atoms with Crippen LogP contribution in [0.4, 0.5) is 0 Å². The van der Waals surface area contributed by atoms with Crippen LogP contribution < -0.4 is 10.4 Å². The van der Waals surface area contributed by atoms with E-state index in [1.54, 1.807) is 13.0 Å². The summed E-state index contributed by atoms with van der Waals surface area (Å²) in [6, 6.07) is 13.5. The largest absolute Gasteiger partial charge is 0.493 e. The van der Waals surface area contributed by atoms with E-state index in [-0.39, 0.29) is 6.61 Å². The average Bonchev–Trinajstić information content (AvgIpc) is 2.80. The number of piperazine rings is 1. The Labute approximate surface area is 193 Å². The van der Waals surface area contributed by atoms with Crippen LogP contribution in [0.1, 0.15) is 23.1 Å². The van der Waals surface area contributed by atoms with Gasteiger partial charge in [-0.3, -0.25) is 4.90 Å². The number of aliphatic hydroxyl groups excluding tert-OH is 1. The van der Waals surface area contributed by atoms with Gasteiger partial charge in [-0.2, -0.15) is 0 Å². The van der Waals surface area contributed by atoms with Gasteiger partial charge in [0.15, 0.2) is 0 Å². The molecule has 1 aliphatic rings. The van der Waals surface area contributed by atoms with Gasteiger partial charge in [-0.1, -0.05) is 23.7 Å². The Balaban J connectivity index is 1.22. The maximum absolute atomic E-state index is 12.0. The Morgan fingerprint density at radius 1 is 1.06 bits per heavy atom. The topological polar surface area (TPSA) is 66.2 Å². The molecular formula is C25H29ClN2O4. The number of rotatable bonds is 8. The average molecular weight is 457 g/mol. The van der Waals surface area contributed by atoms with Crippen LogP contribution in [0.2, 0.25) is 5.02 Å². The first-order valence-corrected chi connectivity index (χ1v) is 11.4. The van der Waals surface area contributed by atoms with Crippen molar-refractivity contribution in [3.8, 4) is 5.75 Å². The molecular weight excluding hydrogens is 428 g/mol. The Morgan fingerprint density at radius 3 is 2.50 bits per heavy atom. The maximum Gasteiger partial charge on any atom is 0.339 e. The molecule has 0 saturated carbocycles. The molecule has 0 unspecified atom stereocenters. The van der Waals surface area contributed by atoms with E-state index in [4.69, 9.17) is 20.8 Å². The Hall–Kier alpha value is -2.38. The Morgan fingerprint density at radius 2 is 1.78 bits per heavy atom. The third-order valence-corrected chi connectivity index (χ3v) is 6.32. The van der Waals surface area contributed by atoms with Gasteiger partial charge in [0.25, 0.3) is 0 Å². The van der Waals surface area contributed by atoms with Crippen LogP contribution in [0.5, 0.6) is 5.75 Å². The van der Waals surface area contributed by atoms with Crippen molar-refractivity contribution in [2.24, 2.45) is 0 Å². The molecule has 0 aliphatic carbocycles. The highest BCUT2D eigenvalue weighted by atomic mass is 35.5. The molecule has 1 aromatic heterocycles. The third kappa shape index (κ3) is 5.51. The molecule has 32 heavy (non-hydrogen) atoms. The summed E-state index contributed by atoms with van der Waals surface area (Å²) in [5.41, 5.74) is 2.37. The minimum Gasteiger partial charge on any atom is -0.493 e. The molecule has 1 fully saturated rings. The lowest BCUT2D eigenvalue weighted by molar-refractivity contribution is 0.121. The number of hydrogen-bond donors (Lipinski definition) is 1. The molecule has 0 radical (unpaired) electrons. The second-order valence-corrected chi connectivity index (χ2v) is 8.69. The molecule has 1 aliphatic heterocycles. The minimum absolute atomic E-state index is 0.193. The summed E-state index contributed by atoms with van der Waals surface area (Å²) in [7, 11) is 0. The van der Waals surface area contributed by atoms with Crippen molar-refractivity contribution in [2.45, 2.75) is 26.5 Å². The number of hydrogen-bond acceptors (Lipinski definition) is 6. The minimum atomic E-state index is -0.422. The van der Waals surface area contributed by atoms with Crippen LogP contribution in [0.15, 0.2) is 51.7 Å². The monoisotopic (exact) mass is 456 g/mol. The van der Waals surface area contributed by atoms with Crippen LogP contribution in [0.25, 0.3) is 11.0 Å². The predicted octanol–water partition coefficient (Wildman–Crippen LogP) is 3.83. The van der Waals surface area contributed by atoms with Gasteiger partial charge in [0.05, 0.1) is 13.2 Å². The first kappa shape index (κ1) is 22.8. The molecule has 2 aromatic carbocycles. The number of ether oxygens (including phenoxy) is 1. The molecule has 0 bridgehead atoms. The fourth-order valence-electron chi connectivity index (χ4n) is 4.13. The smallest absolute Gasteiger partial charge is 0.339 e. The lowest BCUT2D eigenvalue weighted by Gasteiger charge is -2.34. The highest BCUT2D eigenvalue weighted by Crippen LogP contribution is 2.24. The number of halogens is 1. The van der Waals surface area contributed by atoms with Crippen LogP contribution in [0.3, 0.4) is 0 Å². The standard InChI is InChI=1S/C25H29ClN2O4/c1-18-23(17-29)22-8-7-21(15-24(22)32-25(18)30)31-14-2-9-27-10-12-28(13-11-27)16-19-3-5-20(26)6-4-19/h3-8,15,29H,2,9-14,16-17H2,1H3. The Kier molecular flexibility index (Phi) is 7.48. The second kappa shape index (κ2) is 10.5. The van der Waals surface area contributed by atoms with E-state index < -0.39 is 5.63 Å². The number of benzene rings is 2. The van der Waals surface area contributed by atoms with E-state index in [1.165, 1.54) is 5.56 Å². The summed E-state index contributed by atoms with van der Waals surface area (Å²) in [6.45, 7) is 8.24. The fraction of sp³-hybridized carbons (Fsp3) is 0.400. The molecule has 7 heteroatoms. The van der Waals surface area contributed by atoms with Crippen molar-refractivity contribution in [1.82, 2.24) is 9.80 Å².